The van der Waals surface area contributed by atoms with Crippen molar-refractivity contribution in [1.82, 2.24) is 20.3 Å². The molecule has 2 aromatic carbocycles. The SMILES string of the molecule is CCOC(=O)CNCc1ccnc(Nc2nc3ccc(N(c4ccc(C)cc4)c4ccccc4C)nc3s2)c1. The number of benzene rings is 2. The number of anilines is 5. The average Bonchev–Trinajstić information content (AvgIpc) is 3.33. The van der Waals surface area contributed by atoms with Crippen molar-refractivity contribution in [1.29, 1.82) is 0 Å². The monoisotopic (exact) mass is 538 g/mol. The Kier molecular flexibility index (Phi) is 8.10. The van der Waals surface area contributed by atoms with Crippen molar-refractivity contribution in [2.24, 2.45) is 0 Å². The number of nitrogens with zero attached hydrogens (tertiary/aromatic N) is 4. The van der Waals surface area contributed by atoms with E-state index in [4.69, 9.17) is 14.7 Å². The molecule has 0 saturated carbocycles. The molecule has 198 valence electrons. The normalized spacial score (nSPS) is 10.9. The minimum atomic E-state index is -0.269. The summed E-state index contributed by atoms with van der Waals surface area (Å²) in [5.41, 5.74) is 6.29. The number of para-hydroxylation sites is 1. The molecule has 0 aliphatic heterocycles. The van der Waals surface area contributed by atoms with E-state index in [1.807, 2.05) is 36.4 Å². The van der Waals surface area contributed by atoms with Crippen molar-refractivity contribution in [3.63, 3.8) is 0 Å². The molecule has 39 heavy (non-hydrogen) atoms. The summed E-state index contributed by atoms with van der Waals surface area (Å²) >= 11 is 1.48. The Hall–Kier alpha value is -4.34. The van der Waals surface area contributed by atoms with Crippen LogP contribution in [0.5, 0.6) is 0 Å². The Morgan fingerprint density at radius 2 is 1.82 bits per heavy atom. The molecule has 0 bridgehead atoms. The number of hydrogen-bond acceptors (Lipinski definition) is 9. The second-order valence-corrected chi connectivity index (χ2v) is 10.0. The van der Waals surface area contributed by atoms with Gasteiger partial charge in [0.15, 0.2) is 5.13 Å². The zero-order valence-electron chi connectivity index (χ0n) is 22.1. The van der Waals surface area contributed by atoms with Gasteiger partial charge in [0.2, 0.25) is 0 Å². The van der Waals surface area contributed by atoms with Crippen molar-refractivity contribution in [2.45, 2.75) is 27.3 Å². The number of ether oxygens (including phenoxy) is 1. The Balaban J connectivity index is 1.38. The smallest absolute Gasteiger partial charge is 0.319 e. The molecular formula is C30H30N6O2S. The maximum atomic E-state index is 11.6. The van der Waals surface area contributed by atoms with E-state index in [0.29, 0.717) is 24.1 Å². The van der Waals surface area contributed by atoms with E-state index in [1.54, 1.807) is 13.1 Å². The van der Waals surface area contributed by atoms with Crippen LogP contribution in [0.25, 0.3) is 10.3 Å². The van der Waals surface area contributed by atoms with Crippen molar-refractivity contribution in [3.05, 3.63) is 95.7 Å². The van der Waals surface area contributed by atoms with Crippen LogP contribution in [-0.4, -0.2) is 34.1 Å². The maximum Gasteiger partial charge on any atom is 0.319 e. The molecule has 8 nitrogen and oxygen atoms in total. The zero-order chi connectivity index (χ0) is 27.2. The quantitative estimate of drug-likeness (QED) is 0.193. The number of carbonyl (C=O) groups is 1. The highest BCUT2D eigenvalue weighted by molar-refractivity contribution is 7.21. The summed E-state index contributed by atoms with van der Waals surface area (Å²) in [7, 11) is 0. The summed E-state index contributed by atoms with van der Waals surface area (Å²) in [6.45, 7) is 7.04. The summed E-state index contributed by atoms with van der Waals surface area (Å²) in [5.74, 6) is 1.23. The van der Waals surface area contributed by atoms with Crippen LogP contribution in [-0.2, 0) is 16.1 Å². The number of aromatic nitrogens is 3. The third-order valence-electron chi connectivity index (χ3n) is 6.08. The molecule has 0 saturated heterocycles. The van der Waals surface area contributed by atoms with Gasteiger partial charge in [-0.1, -0.05) is 47.2 Å². The molecule has 5 aromatic rings. The molecule has 0 aliphatic rings. The van der Waals surface area contributed by atoms with Gasteiger partial charge < -0.3 is 15.4 Å². The lowest BCUT2D eigenvalue weighted by molar-refractivity contribution is -0.142. The summed E-state index contributed by atoms with van der Waals surface area (Å²) in [4.78, 5) is 28.7. The lowest BCUT2D eigenvalue weighted by Crippen LogP contribution is -2.24. The molecule has 9 heteroatoms. The highest BCUT2D eigenvalue weighted by Crippen LogP contribution is 2.37. The number of esters is 1. The number of aryl methyl sites for hydroxylation is 2. The van der Waals surface area contributed by atoms with E-state index in [1.165, 1.54) is 16.9 Å². The molecule has 0 radical (unpaired) electrons. The van der Waals surface area contributed by atoms with Gasteiger partial charge in [-0.05, 0) is 74.4 Å². The van der Waals surface area contributed by atoms with Gasteiger partial charge in [0, 0.05) is 18.4 Å². The predicted molar refractivity (Wildman–Crippen MR) is 157 cm³/mol. The van der Waals surface area contributed by atoms with E-state index >= 15 is 0 Å². The van der Waals surface area contributed by atoms with Gasteiger partial charge in [0.05, 0.1) is 18.8 Å². The number of hydrogen-bond donors (Lipinski definition) is 2. The number of fused-ring (bicyclic) bond motifs is 1. The van der Waals surface area contributed by atoms with Gasteiger partial charge in [0.1, 0.15) is 22.0 Å². The van der Waals surface area contributed by atoms with Crippen LogP contribution in [0.4, 0.5) is 28.1 Å². The maximum absolute atomic E-state index is 11.6. The molecule has 0 unspecified atom stereocenters. The topological polar surface area (TPSA) is 92.3 Å². The van der Waals surface area contributed by atoms with Gasteiger partial charge in [-0.25, -0.2) is 15.0 Å². The standard InChI is InChI=1S/C30H30N6O2S/c1-4-38-28(37)19-31-18-22-15-16-32-26(17-22)34-30-33-24-13-14-27(35-29(24)39-30)36(23-11-9-20(2)10-12-23)25-8-6-5-7-21(25)3/h5-17,31H,4,18-19H2,1-3H3,(H,32,33,34). The molecule has 0 spiro atoms. The van der Waals surface area contributed by atoms with Crippen molar-refractivity contribution in [3.8, 4) is 0 Å². The average molecular weight is 539 g/mol. The van der Waals surface area contributed by atoms with E-state index in [0.717, 1.165) is 38.7 Å². The molecule has 2 N–H and O–H groups in total. The third kappa shape index (κ3) is 6.39. The van der Waals surface area contributed by atoms with E-state index in [-0.39, 0.29) is 12.5 Å². The summed E-state index contributed by atoms with van der Waals surface area (Å²) < 4.78 is 4.95. The van der Waals surface area contributed by atoms with Crippen LogP contribution in [0.3, 0.4) is 0 Å². The van der Waals surface area contributed by atoms with Crippen LogP contribution < -0.4 is 15.5 Å². The first-order valence-electron chi connectivity index (χ1n) is 12.8. The van der Waals surface area contributed by atoms with Crippen LogP contribution in [0, 0.1) is 13.8 Å². The Morgan fingerprint density at radius 3 is 2.62 bits per heavy atom. The van der Waals surface area contributed by atoms with Gasteiger partial charge in [-0.2, -0.15) is 0 Å². The molecule has 5 rings (SSSR count). The Morgan fingerprint density at radius 1 is 1.00 bits per heavy atom. The molecule has 3 heterocycles. The highest BCUT2D eigenvalue weighted by atomic mass is 32.1. The Bertz CT molecular complexity index is 1580. The second kappa shape index (κ2) is 12.0. The highest BCUT2D eigenvalue weighted by Gasteiger charge is 2.17. The van der Waals surface area contributed by atoms with Gasteiger partial charge in [0.25, 0.3) is 0 Å². The lowest BCUT2D eigenvalue weighted by Gasteiger charge is -2.25. The minimum Gasteiger partial charge on any atom is -0.465 e. The number of carbonyl (C=O) groups excluding carboxylic acids is 1. The molecular weight excluding hydrogens is 508 g/mol. The largest absolute Gasteiger partial charge is 0.465 e. The predicted octanol–water partition coefficient (Wildman–Crippen LogP) is 6.57. The zero-order valence-corrected chi connectivity index (χ0v) is 23.0. The molecule has 0 amide bonds. The minimum absolute atomic E-state index is 0.160. The van der Waals surface area contributed by atoms with Crippen molar-refractivity contribution >= 4 is 55.8 Å². The van der Waals surface area contributed by atoms with Crippen molar-refractivity contribution in [2.75, 3.05) is 23.4 Å². The molecule has 0 aliphatic carbocycles. The van der Waals surface area contributed by atoms with E-state index in [9.17, 15) is 4.79 Å². The van der Waals surface area contributed by atoms with Crippen LogP contribution in [0.15, 0.2) is 79.0 Å². The second-order valence-electron chi connectivity index (χ2n) is 9.05. The summed E-state index contributed by atoms with van der Waals surface area (Å²) in [5, 5.41) is 7.10. The van der Waals surface area contributed by atoms with Gasteiger partial charge in [-0.15, -0.1) is 0 Å². The van der Waals surface area contributed by atoms with Crippen LogP contribution >= 0.6 is 11.3 Å². The fourth-order valence-corrected chi connectivity index (χ4v) is 5.01. The fourth-order valence-electron chi connectivity index (χ4n) is 4.17. The Labute approximate surface area is 231 Å². The number of thiazole rings is 1. The first-order valence-corrected chi connectivity index (χ1v) is 13.6. The number of rotatable bonds is 10. The molecule has 0 atom stereocenters. The van der Waals surface area contributed by atoms with E-state index in [2.05, 4.69) is 70.8 Å². The first kappa shape index (κ1) is 26.3. The summed E-state index contributed by atoms with van der Waals surface area (Å²) in [6, 6.07) is 24.6. The lowest BCUT2D eigenvalue weighted by atomic mass is 10.1. The van der Waals surface area contributed by atoms with Crippen molar-refractivity contribution < 1.29 is 9.53 Å². The first-order chi connectivity index (χ1) is 19.0. The summed E-state index contributed by atoms with van der Waals surface area (Å²) in [6.07, 6.45) is 1.73. The number of pyridine rings is 2. The van der Waals surface area contributed by atoms with Crippen LogP contribution in [0.1, 0.15) is 23.6 Å². The van der Waals surface area contributed by atoms with Gasteiger partial charge in [-0.3, -0.25) is 9.69 Å². The third-order valence-corrected chi connectivity index (χ3v) is 6.96. The van der Waals surface area contributed by atoms with Gasteiger partial charge >= 0.3 is 5.97 Å². The number of nitrogens with one attached hydrogen (secondary N) is 2. The van der Waals surface area contributed by atoms with E-state index < -0.39 is 0 Å². The molecule has 0 fully saturated rings. The van der Waals surface area contributed by atoms with Crippen LogP contribution in [0.2, 0.25) is 0 Å². The fraction of sp³-hybridized carbons (Fsp3) is 0.200. The molecule has 3 aromatic heterocycles.